The second-order valence-corrected chi connectivity index (χ2v) is 5.61. The van der Waals surface area contributed by atoms with Gasteiger partial charge in [0.1, 0.15) is 0 Å². The first-order valence-corrected chi connectivity index (χ1v) is 5.42. The molecule has 0 rings (SSSR count). The molecule has 2 unspecified atom stereocenters. The highest BCUT2D eigenvalue weighted by molar-refractivity contribution is 4.91. The highest BCUT2D eigenvalue weighted by Crippen LogP contribution is 2.47. The summed E-state index contributed by atoms with van der Waals surface area (Å²) in [6.45, 7) is 16.0. The first-order chi connectivity index (χ1) is 5.66. The van der Waals surface area contributed by atoms with E-state index in [4.69, 9.17) is 5.73 Å². The van der Waals surface area contributed by atoms with E-state index in [1.165, 1.54) is 6.42 Å². The molecular weight excluding hydrogens is 158 g/mol. The summed E-state index contributed by atoms with van der Waals surface area (Å²) in [6.07, 6.45) is 1.21. The summed E-state index contributed by atoms with van der Waals surface area (Å²) in [7, 11) is 0. The standard InChI is InChI=1S/C12H27N/c1-8-11(4,5)12(6,7)9(2)10(3)13/h9-10H,8,13H2,1-7H3. The number of hydrogen-bond donors (Lipinski definition) is 1. The van der Waals surface area contributed by atoms with Crippen LogP contribution in [0.1, 0.15) is 54.9 Å². The first-order valence-electron chi connectivity index (χ1n) is 5.42. The summed E-state index contributed by atoms with van der Waals surface area (Å²) in [5.41, 5.74) is 6.64. The van der Waals surface area contributed by atoms with Crippen molar-refractivity contribution in [2.24, 2.45) is 22.5 Å². The molecular formula is C12H27N. The van der Waals surface area contributed by atoms with Crippen molar-refractivity contribution in [3.8, 4) is 0 Å². The first kappa shape index (κ1) is 13.0. The Morgan fingerprint density at radius 2 is 1.46 bits per heavy atom. The Balaban J connectivity index is 4.74. The molecule has 2 N–H and O–H groups in total. The minimum Gasteiger partial charge on any atom is -0.328 e. The van der Waals surface area contributed by atoms with Crippen LogP contribution in [0, 0.1) is 16.7 Å². The highest BCUT2D eigenvalue weighted by atomic mass is 14.7. The molecule has 0 amide bonds. The van der Waals surface area contributed by atoms with Gasteiger partial charge in [-0.25, -0.2) is 0 Å². The maximum absolute atomic E-state index is 5.97. The van der Waals surface area contributed by atoms with Gasteiger partial charge >= 0.3 is 0 Å². The van der Waals surface area contributed by atoms with E-state index in [0.29, 0.717) is 16.7 Å². The fourth-order valence-electron chi connectivity index (χ4n) is 1.73. The van der Waals surface area contributed by atoms with Crippen LogP contribution in [0.5, 0.6) is 0 Å². The molecule has 80 valence electrons. The molecule has 0 aromatic heterocycles. The lowest BCUT2D eigenvalue weighted by molar-refractivity contribution is 0.0338. The molecule has 1 nitrogen and oxygen atoms in total. The van der Waals surface area contributed by atoms with Gasteiger partial charge in [0.05, 0.1) is 0 Å². The summed E-state index contributed by atoms with van der Waals surface area (Å²) in [6, 6.07) is 0.279. The Bertz CT molecular complexity index is 157. The second kappa shape index (κ2) is 4.00. The summed E-state index contributed by atoms with van der Waals surface area (Å²) < 4.78 is 0. The van der Waals surface area contributed by atoms with E-state index in [-0.39, 0.29) is 6.04 Å². The molecule has 2 atom stereocenters. The van der Waals surface area contributed by atoms with Gasteiger partial charge < -0.3 is 5.73 Å². The lowest BCUT2D eigenvalue weighted by Gasteiger charge is -2.47. The van der Waals surface area contributed by atoms with Gasteiger partial charge in [-0.2, -0.15) is 0 Å². The van der Waals surface area contributed by atoms with E-state index in [2.05, 4.69) is 48.5 Å². The van der Waals surface area contributed by atoms with Crippen LogP contribution in [0.3, 0.4) is 0 Å². The third-order valence-corrected chi connectivity index (χ3v) is 4.56. The molecule has 0 heterocycles. The summed E-state index contributed by atoms with van der Waals surface area (Å²) in [4.78, 5) is 0. The molecule has 0 aromatic carbocycles. The van der Waals surface area contributed by atoms with E-state index in [1.807, 2.05) is 0 Å². The Hall–Kier alpha value is -0.0400. The molecule has 0 saturated heterocycles. The molecule has 0 aliphatic carbocycles. The summed E-state index contributed by atoms with van der Waals surface area (Å²) >= 11 is 0. The Labute approximate surface area is 84.1 Å². The van der Waals surface area contributed by atoms with Crippen molar-refractivity contribution in [3.63, 3.8) is 0 Å². The molecule has 0 bridgehead atoms. The fraction of sp³-hybridized carbons (Fsp3) is 1.00. The van der Waals surface area contributed by atoms with Crippen LogP contribution < -0.4 is 5.73 Å². The van der Waals surface area contributed by atoms with E-state index in [1.54, 1.807) is 0 Å². The van der Waals surface area contributed by atoms with E-state index in [0.717, 1.165) is 0 Å². The highest BCUT2D eigenvalue weighted by Gasteiger charge is 2.40. The quantitative estimate of drug-likeness (QED) is 0.713. The molecule has 0 saturated carbocycles. The smallest absolute Gasteiger partial charge is 0.00414 e. The number of rotatable bonds is 4. The van der Waals surface area contributed by atoms with Crippen LogP contribution in [-0.4, -0.2) is 6.04 Å². The van der Waals surface area contributed by atoms with Crippen LogP contribution in [0.25, 0.3) is 0 Å². The van der Waals surface area contributed by atoms with Gasteiger partial charge in [0.2, 0.25) is 0 Å². The van der Waals surface area contributed by atoms with Crippen molar-refractivity contribution in [3.05, 3.63) is 0 Å². The normalized spacial score (nSPS) is 18.5. The van der Waals surface area contributed by atoms with Crippen molar-refractivity contribution in [1.82, 2.24) is 0 Å². The van der Waals surface area contributed by atoms with Crippen LogP contribution in [0.2, 0.25) is 0 Å². The van der Waals surface area contributed by atoms with E-state index in [9.17, 15) is 0 Å². The van der Waals surface area contributed by atoms with Crippen LogP contribution in [-0.2, 0) is 0 Å². The van der Waals surface area contributed by atoms with Gasteiger partial charge in [-0.15, -0.1) is 0 Å². The number of nitrogens with two attached hydrogens (primary N) is 1. The van der Waals surface area contributed by atoms with Gasteiger partial charge in [0.25, 0.3) is 0 Å². The van der Waals surface area contributed by atoms with Crippen LogP contribution >= 0.6 is 0 Å². The molecule has 1 heteroatoms. The van der Waals surface area contributed by atoms with Crippen LogP contribution in [0.15, 0.2) is 0 Å². The van der Waals surface area contributed by atoms with Gasteiger partial charge in [0.15, 0.2) is 0 Å². The SMILES string of the molecule is CCC(C)(C)C(C)(C)C(C)C(C)N. The maximum Gasteiger partial charge on any atom is 0.00414 e. The summed E-state index contributed by atoms with van der Waals surface area (Å²) in [5, 5.41) is 0. The molecule has 0 radical (unpaired) electrons. The zero-order chi connectivity index (χ0) is 10.9. The van der Waals surface area contributed by atoms with E-state index < -0.39 is 0 Å². The largest absolute Gasteiger partial charge is 0.328 e. The molecule has 0 spiro atoms. The Kier molecular flexibility index (Phi) is 3.98. The van der Waals surface area contributed by atoms with Crippen molar-refractivity contribution in [2.45, 2.75) is 60.9 Å². The predicted octanol–water partition coefficient (Wildman–Crippen LogP) is 3.43. The average molecular weight is 185 g/mol. The van der Waals surface area contributed by atoms with Crippen molar-refractivity contribution in [2.75, 3.05) is 0 Å². The molecule has 0 fully saturated rings. The average Bonchev–Trinajstić information content (AvgIpc) is 2.02. The second-order valence-electron chi connectivity index (χ2n) is 5.61. The predicted molar refractivity (Wildman–Crippen MR) is 60.7 cm³/mol. The molecule has 0 aromatic rings. The monoisotopic (exact) mass is 185 g/mol. The summed E-state index contributed by atoms with van der Waals surface area (Å²) in [5.74, 6) is 0.558. The molecule has 0 aliphatic rings. The third-order valence-electron chi connectivity index (χ3n) is 4.56. The van der Waals surface area contributed by atoms with Crippen molar-refractivity contribution in [1.29, 1.82) is 0 Å². The zero-order valence-corrected chi connectivity index (χ0v) is 10.4. The van der Waals surface area contributed by atoms with Crippen molar-refractivity contribution < 1.29 is 0 Å². The third kappa shape index (κ3) is 2.46. The van der Waals surface area contributed by atoms with Crippen molar-refractivity contribution >= 4 is 0 Å². The van der Waals surface area contributed by atoms with Gasteiger partial charge in [-0.05, 0) is 23.7 Å². The van der Waals surface area contributed by atoms with Gasteiger partial charge in [-0.3, -0.25) is 0 Å². The van der Waals surface area contributed by atoms with Crippen LogP contribution in [0.4, 0.5) is 0 Å². The lowest BCUT2D eigenvalue weighted by atomic mass is 9.59. The molecule has 0 aliphatic heterocycles. The Morgan fingerprint density at radius 3 is 1.69 bits per heavy atom. The minimum atomic E-state index is 0.279. The van der Waals surface area contributed by atoms with Gasteiger partial charge in [-0.1, -0.05) is 48.0 Å². The fourth-order valence-corrected chi connectivity index (χ4v) is 1.73. The van der Waals surface area contributed by atoms with Gasteiger partial charge in [0, 0.05) is 6.04 Å². The van der Waals surface area contributed by atoms with E-state index >= 15 is 0 Å². The zero-order valence-electron chi connectivity index (χ0n) is 10.4. The Morgan fingerprint density at radius 1 is 1.08 bits per heavy atom. The lowest BCUT2D eigenvalue weighted by Crippen LogP contribution is -2.44. The minimum absolute atomic E-state index is 0.279. The molecule has 13 heavy (non-hydrogen) atoms. The number of hydrogen-bond acceptors (Lipinski definition) is 1. The maximum atomic E-state index is 5.97. The topological polar surface area (TPSA) is 26.0 Å².